The molecule has 0 saturated carbocycles. The lowest BCUT2D eigenvalue weighted by atomic mass is 10.0. The van der Waals surface area contributed by atoms with Gasteiger partial charge in [-0.05, 0) is 68.9 Å². The Labute approximate surface area is 288 Å². The standard InChI is InChI=1S/C34H46N6O7S2/c1-23(2)31(33(43)37-27(22-41)21-26-9-6-5-7-10-26)38-32(42)30(39-48(44,45)28-16-12-24(3)13-17-28)11-8-20-36-34(35)40-49(46,47)29-18-14-25(4)15-19-29/h5-7,9-10,12-19,23,27,30-31,39,41H,8,11,20-22H2,1-4H3,(H,37,43)(H,38,42)(H3,35,36,40)/t27-,30-,31-/m0/s1. The molecule has 266 valence electrons. The van der Waals surface area contributed by atoms with E-state index in [2.05, 4.69) is 25.1 Å². The van der Waals surface area contributed by atoms with Crippen molar-refractivity contribution in [2.45, 2.75) is 74.9 Å². The molecule has 2 amide bonds. The largest absolute Gasteiger partial charge is 0.394 e. The van der Waals surface area contributed by atoms with E-state index in [1.165, 1.54) is 24.3 Å². The van der Waals surface area contributed by atoms with Gasteiger partial charge in [0.05, 0.1) is 22.4 Å². The minimum Gasteiger partial charge on any atom is -0.394 e. The lowest BCUT2D eigenvalue weighted by Gasteiger charge is -2.27. The number of nitrogens with one attached hydrogen (secondary N) is 4. The lowest BCUT2D eigenvalue weighted by molar-refractivity contribution is -0.131. The highest BCUT2D eigenvalue weighted by Gasteiger charge is 2.31. The van der Waals surface area contributed by atoms with Crippen LogP contribution in [-0.2, 0) is 36.1 Å². The van der Waals surface area contributed by atoms with Gasteiger partial charge in [0.15, 0.2) is 0 Å². The molecule has 0 radical (unpaired) electrons. The molecule has 0 aliphatic rings. The van der Waals surface area contributed by atoms with E-state index in [-0.39, 0.29) is 47.7 Å². The van der Waals surface area contributed by atoms with Crippen molar-refractivity contribution in [3.05, 3.63) is 95.6 Å². The SMILES string of the molecule is Cc1ccc(S(=O)(=O)NC(N)=NCCC[C@H](NS(=O)(=O)c2ccc(C)cc2)C(=O)N[C@H](C(=O)N[C@H](CO)Cc2ccccc2)C(C)C)cc1. The fourth-order valence-corrected chi connectivity index (χ4v) is 6.98. The summed E-state index contributed by atoms with van der Waals surface area (Å²) in [7, 11) is -8.14. The minimum atomic E-state index is -4.16. The van der Waals surface area contributed by atoms with E-state index in [0.717, 1.165) is 16.7 Å². The predicted molar refractivity (Wildman–Crippen MR) is 188 cm³/mol. The van der Waals surface area contributed by atoms with Crippen LogP contribution in [0.1, 0.15) is 43.4 Å². The first-order chi connectivity index (χ1) is 23.1. The van der Waals surface area contributed by atoms with Gasteiger partial charge < -0.3 is 21.5 Å². The van der Waals surface area contributed by atoms with E-state index in [4.69, 9.17) is 5.73 Å². The molecule has 3 rings (SSSR count). The molecule has 7 N–H and O–H groups in total. The number of rotatable bonds is 17. The molecule has 3 atom stereocenters. The Morgan fingerprint density at radius 3 is 1.88 bits per heavy atom. The number of amides is 2. The number of sulfonamides is 2. The number of carbonyl (C=O) groups is 2. The number of guanidine groups is 1. The summed E-state index contributed by atoms with van der Waals surface area (Å²) in [5.74, 6) is -2.03. The summed E-state index contributed by atoms with van der Waals surface area (Å²) in [6, 6.07) is 18.6. The first-order valence-corrected chi connectivity index (χ1v) is 18.8. The number of carbonyl (C=O) groups excluding carboxylic acids is 2. The van der Waals surface area contributed by atoms with E-state index < -0.39 is 50.0 Å². The number of hydrogen-bond donors (Lipinski definition) is 6. The van der Waals surface area contributed by atoms with Gasteiger partial charge in [0.1, 0.15) is 12.1 Å². The molecule has 0 fully saturated rings. The summed E-state index contributed by atoms with van der Waals surface area (Å²) in [6.45, 7) is 6.73. The van der Waals surface area contributed by atoms with Gasteiger partial charge in [0, 0.05) is 6.54 Å². The highest BCUT2D eigenvalue weighted by molar-refractivity contribution is 7.90. The molecule has 0 heterocycles. The van der Waals surface area contributed by atoms with Gasteiger partial charge in [-0.2, -0.15) is 4.72 Å². The minimum absolute atomic E-state index is 0.00705. The summed E-state index contributed by atoms with van der Waals surface area (Å²) in [6.07, 6.45) is 0.438. The number of hydrogen-bond acceptors (Lipinski definition) is 8. The second-order valence-corrected chi connectivity index (χ2v) is 15.5. The molecule has 0 unspecified atom stereocenters. The maximum absolute atomic E-state index is 13.6. The first-order valence-electron chi connectivity index (χ1n) is 15.8. The van der Waals surface area contributed by atoms with Crippen molar-refractivity contribution in [3.63, 3.8) is 0 Å². The molecular weight excluding hydrogens is 669 g/mol. The number of nitrogens with zero attached hydrogens (tertiary/aromatic N) is 1. The highest BCUT2D eigenvalue weighted by Crippen LogP contribution is 2.14. The molecule has 13 nitrogen and oxygen atoms in total. The maximum Gasteiger partial charge on any atom is 0.264 e. The van der Waals surface area contributed by atoms with Crippen LogP contribution < -0.4 is 25.8 Å². The zero-order chi connectivity index (χ0) is 36.2. The van der Waals surface area contributed by atoms with E-state index in [0.29, 0.717) is 6.42 Å². The van der Waals surface area contributed by atoms with E-state index >= 15 is 0 Å². The molecule has 49 heavy (non-hydrogen) atoms. The summed E-state index contributed by atoms with van der Waals surface area (Å²) in [4.78, 5) is 31.0. The fourth-order valence-electron chi connectivity index (χ4n) is 4.80. The van der Waals surface area contributed by atoms with Crippen molar-refractivity contribution in [3.8, 4) is 0 Å². The third-order valence-corrected chi connectivity index (χ3v) is 10.4. The van der Waals surface area contributed by atoms with Crippen LogP contribution in [0, 0.1) is 19.8 Å². The number of aliphatic hydroxyl groups is 1. The number of aliphatic hydroxyl groups excluding tert-OH is 1. The molecule has 0 spiro atoms. The van der Waals surface area contributed by atoms with Gasteiger partial charge in [0.25, 0.3) is 10.0 Å². The van der Waals surface area contributed by atoms with Crippen LogP contribution in [0.3, 0.4) is 0 Å². The normalized spacial score (nSPS) is 14.1. The summed E-state index contributed by atoms with van der Waals surface area (Å²) < 4.78 is 56.5. The van der Waals surface area contributed by atoms with Crippen LogP contribution in [0.25, 0.3) is 0 Å². The summed E-state index contributed by atoms with van der Waals surface area (Å²) in [5.41, 5.74) is 8.47. The van der Waals surface area contributed by atoms with E-state index in [9.17, 15) is 31.5 Å². The molecule has 0 aromatic heterocycles. The number of benzene rings is 3. The monoisotopic (exact) mass is 714 g/mol. The average molecular weight is 715 g/mol. The van der Waals surface area contributed by atoms with Gasteiger partial charge in [-0.15, -0.1) is 0 Å². The number of nitrogens with two attached hydrogens (primary N) is 1. The number of aliphatic imine (C=N–C) groups is 1. The van der Waals surface area contributed by atoms with Crippen molar-refractivity contribution < 1.29 is 31.5 Å². The van der Waals surface area contributed by atoms with Crippen molar-refractivity contribution in [2.24, 2.45) is 16.6 Å². The second kappa shape index (κ2) is 17.9. The topological polar surface area (TPSA) is 209 Å². The van der Waals surface area contributed by atoms with Crippen LogP contribution in [0.15, 0.2) is 93.6 Å². The van der Waals surface area contributed by atoms with Gasteiger partial charge in [-0.3, -0.25) is 14.6 Å². The Balaban J connectivity index is 1.74. The third-order valence-electron chi connectivity index (χ3n) is 7.59. The molecule has 0 bridgehead atoms. The molecule has 3 aromatic rings. The van der Waals surface area contributed by atoms with Gasteiger partial charge >= 0.3 is 0 Å². The smallest absolute Gasteiger partial charge is 0.264 e. The summed E-state index contributed by atoms with van der Waals surface area (Å²) >= 11 is 0. The van der Waals surface area contributed by atoms with Crippen LogP contribution >= 0.6 is 0 Å². The zero-order valence-electron chi connectivity index (χ0n) is 28.1. The molecule has 0 saturated heterocycles. The van der Waals surface area contributed by atoms with Crippen LogP contribution in [0.4, 0.5) is 0 Å². The molecule has 0 aliphatic heterocycles. The molecule has 0 aliphatic carbocycles. The second-order valence-electron chi connectivity index (χ2n) is 12.1. The predicted octanol–water partition coefficient (Wildman–Crippen LogP) is 1.88. The first kappa shape index (κ1) is 39.1. The van der Waals surface area contributed by atoms with Crippen LogP contribution in [-0.4, -0.2) is 71.0 Å². The Kier molecular flexibility index (Phi) is 14.3. The maximum atomic E-state index is 13.6. The Bertz CT molecular complexity index is 1780. The zero-order valence-corrected chi connectivity index (χ0v) is 29.7. The van der Waals surface area contributed by atoms with E-state index in [1.54, 1.807) is 38.1 Å². The quantitative estimate of drug-likeness (QED) is 0.0690. The van der Waals surface area contributed by atoms with E-state index in [1.807, 2.05) is 44.2 Å². The molecule has 15 heteroatoms. The van der Waals surface area contributed by atoms with Gasteiger partial charge in [-0.1, -0.05) is 79.6 Å². The van der Waals surface area contributed by atoms with Crippen molar-refractivity contribution >= 4 is 37.8 Å². The van der Waals surface area contributed by atoms with Gasteiger partial charge in [0.2, 0.25) is 27.8 Å². The number of aryl methyl sites for hydroxylation is 2. The molecular formula is C34H46N6O7S2. The molecule has 3 aromatic carbocycles. The third kappa shape index (κ3) is 12.3. The van der Waals surface area contributed by atoms with Crippen molar-refractivity contribution in [2.75, 3.05) is 13.2 Å². The average Bonchev–Trinajstić information content (AvgIpc) is 3.05. The van der Waals surface area contributed by atoms with Gasteiger partial charge in [-0.25, -0.2) is 21.6 Å². The Morgan fingerprint density at radius 1 is 0.796 bits per heavy atom. The van der Waals surface area contributed by atoms with Crippen molar-refractivity contribution in [1.82, 2.24) is 20.1 Å². The highest BCUT2D eigenvalue weighted by atomic mass is 32.2. The lowest BCUT2D eigenvalue weighted by Crippen LogP contribution is -2.57. The Morgan fingerprint density at radius 2 is 1.35 bits per heavy atom. The van der Waals surface area contributed by atoms with Crippen LogP contribution in [0.5, 0.6) is 0 Å². The van der Waals surface area contributed by atoms with Crippen molar-refractivity contribution in [1.29, 1.82) is 0 Å². The summed E-state index contributed by atoms with van der Waals surface area (Å²) in [5, 5.41) is 15.4. The van der Waals surface area contributed by atoms with Crippen LogP contribution in [0.2, 0.25) is 0 Å². The Hall–Kier alpha value is -4.31. The fraction of sp³-hybridized carbons (Fsp3) is 0.382.